The highest BCUT2D eigenvalue weighted by Crippen LogP contribution is 2.27. The topological polar surface area (TPSA) is 61.4 Å². The van der Waals surface area contributed by atoms with Crippen molar-refractivity contribution in [3.63, 3.8) is 0 Å². The Labute approximate surface area is 184 Å². The van der Waals surface area contributed by atoms with Gasteiger partial charge in [-0.05, 0) is 35.2 Å². The van der Waals surface area contributed by atoms with E-state index in [1.54, 1.807) is 17.7 Å². The fourth-order valence-electron chi connectivity index (χ4n) is 3.51. The quantitative estimate of drug-likeness (QED) is 0.353. The third-order valence-corrected chi connectivity index (χ3v) is 6.85. The fourth-order valence-corrected chi connectivity index (χ4v) is 5.22. The van der Waals surface area contributed by atoms with Gasteiger partial charge in [-0.1, -0.05) is 42.1 Å². The third-order valence-electron chi connectivity index (χ3n) is 4.96. The molecule has 9 heteroatoms. The van der Waals surface area contributed by atoms with Crippen molar-refractivity contribution in [2.45, 2.75) is 17.5 Å². The molecule has 6 nitrogen and oxygen atoms in total. The Morgan fingerprint density at radius 3 is 2.84 bits per heavy atom. The SMILES string of the molecule is COc1ccccc1Cn1c(=O)c2sccc2n2c(SCc3cccc(F)c3)nnc12. The number of aromatic nitrogens is 4. The van der Waals surface area contributed by atoms with Crippen molar-refractivity contribution in [2.75, 3.05) is 7.11 Å². The molecule has 0 aliphatic carbocycles. The maximum absolute atomic E-state index is 13.5. The number of para-hydroxylation sites is 1. The molecular formula is C22H17FN4O2S2. The molecule has 156 valence electrons. The summed E-state index contributed by atoms with van der Waals surface area (Å²) in [5.74, 6) is 1.44. The molecule has 5 rings (SSSR count). The van der Waals surface area contributed by atoms with E-state index in [-0.39, 0.29) is 11.4 Å². The zero-order valence-corrected chi connectivity index (χ0v) is 18.1. The van der Waals surface area contributed by atoms with Crippen molar-refractivity contribution >= 4 is 39.1 Å². The van der Waals surface area contributed by atoms with Gasteiger partial charge in [-0.3, -0.25) is 13.8 Å². The van der Waals surface area contributed by atoms with Crippen LogP contribution in [0, 0.1) is 5.82 Å². The zero-order valence-electron chi connectivity index (χ0n) is 16.5. The molecule has 0 saturated carbocycles. The van der Waals surface area contributed by atoms with E-state index in [0.29, 0.717) is 33.7 Å². The highest BCUT2D eigenvalue weighted by Gasteiger charge is 2.19. The van der Waals surface area contributed by atoms with Crippen LogP contribution in [0.25, 0.3) is 16.0 Å². The standard InChI is InChI=1S/C22H17FN4O2S2/c1-29-18-8-3-2-6-15(18)12-26-20(28)19-17(9-10-30-19)27-21(26)24-25-22(27)31-13-14-5-4-7-16(23)11-14/h2-11H,12-13H2,1H3. The summed E-state index contributed by atoms with van der Waals surface area (Å²) < 4.78 is 23.1. The third kappa shape index (κ3) is 3.60. The van der Waals surface area contributed by atoms with Crippen molar-refractivity contribution in [2.24, 2.45) is 0 Å². The molecule has 0 aliphatic rings. The Bertz CT molecular complexity index is 1460. The van der Waals surface area contributed by atoms with Crippen LogP contribution in [0.5, 0.6) is 5.75 Å². The van der Waals surface area contributed by atoms with E-state index >= 15 is 0 Å². The van der Waals surface area contributed by atoms with Gasteiger partial charge in [0.25, 0.3) is 5.56 Å². The number of rotatable bonds is 6. The molecule has 2 aromatic carbocycles. The Morgan fingerprint density at radius 2 is 2.00 bits per heavy atom. The first-order chi connectivity index (χ1) is 15.2. The van der Waals surface area contributed by atoms with E-state index in [4.69, 9.17) is 4.74 Å². The van der Waals surface area contributed by atoms with E-state index < -0.39 is 0 Å². The molecule has 0 saturated heterocycles. The molecule has 31 heavy (non-hydrogen) atoms. The van der Waals surface area contributed by atoms with Crippen LogP contribution < -0.4 is 10.3 Å². The maximum atomic E-state index is 13.5. The summed E-state index contributed by atoms with van der Waals surface area (Å²) in [6.07, 6.45) is 0. The van der Waals surface area contributed by atoms with Gasteiger partial charge in [0.2, 0.25) is 5.78 Å². The minimum Gasteiger partial charge on any atom is -0.496 e. The van der Waals surface area contributed by atoms with E-state index in [0.717, 1.165) is 16.6 Å². The minimum atomic E-state index is -0.268. The van der Waals surface area contributed by atoms with Gasteiger partial charge in [0, 0.05) is 11.3 Å². The summed E-state index contributed by atoms with van der Waals surface area (Å²) in [4.78, 5) is 13.2. The van der Waals surface area contributed by atoms with Crippen molar-refractivity contribution in [3.8, 4) is 5.75 Å². The summed E-state index contributed by atoms with van der Waals surface area (Å²) in [5, 5.41) is 11.2. The van der Waals surface area contributed by atoms with Gasteiger partial charge in [-0.15, -0.1) is 21.5 Å². The number of halogens is 1. The lowest BCUT2D eigenvalue weighted by atomic mass is 10.2. The molecule has 0 radical (unpaired) electrons. The lowest BCUT2D eigenvalue weighted by Crippen LogP contribution is -2.23. The number of fused-ring (bicyclic) bond motifs is 3. The molecule has 3 aromatic heterocycles. The molecule has 0 amide bonds. The smallest absolute Gasteiger partial charge is 0.273 e. The van der Waals surface area contributed by atoms with Crippen LogP contribution in [0.1, 0.15) is 11.1 Å². The monoisotopic (exact) mass is 452 g/mol. The van der Waals surface area contributed by atoms with E-state index in [9.17, 15) is 9.18 Å². The largest absolute Gasteiger partial charge is 0.496 e. The molecule has 0 fully saturated rings. The summed E-state index contributed by atoms with van der Waals surface area (Å²) in [5.41, 5.74) is 2.39. The number of hydrogen-bond acceptors (Lipinski definition) is 6. The summed E-state index contributed by atoms with van der Waals surface area (Å²) in [6, 6.07) is 16.0. The van der Waals surface area contributed by atoms with Gasteiger partial charge in [0.1, 0.15) is 16.3 Å². The van der Waals surface area contributed by atoms with Crippen molar-refractivity contribution in [3.05, 3.63) is 87.3 Å². The van der Waals surface area contributed by atoms with Crippen LogP contribution in [0.4, 0.5) is 4.39 Å². The maximum Gasteiger partial charge on any atom is 0.273 e. The van der Waals surface area contributed by atoms with Gasteiger partial charge in [0.05, 0.1) is 19.2 Å². The molecule has 0 N–H and O–H groups in total. The highest BCUT2D eigenvalue weighted by molar-refractivity contribution is 7.98. The lowest BCUT2D eigenvalue weighted by molar-refractivity contribution is 0.408. The van der Waals surface area contributed by atoms with Gasteiger partial charge < -0.3 is 4.74 Å². The van der Waals surface area contributed by atoms with E-state index in [1.165, 1.54) is 35.2 Å². The Kier molecular flexibility index (Phi) is 5.21. The number of thioether (sulfide) groups is 1. The van der Waals surface area contributed by atoms with Crippen molar-refractivity contribution < 1.29 is 9.13 Å². The number of thiophene rings is 1. The second-order valence-corrected chi connectivity index (χ2v) is 8.73. The molecule has 3 heterocycles. The van der Waals surface area contributed by atoms with Crippen LogP contribution in [-0.4, -0.2) is 26.3 Å². The average Bonchev–Trinajstić information content (AvgIpc) is 3.42. The minimum absolute atomic E-state index is 0.113. The first-order valence-electron chi connectivity index (χ1n) is 9.50. The molecule has 0 atom stereocenters. The van der Waals surface area contributed by atoms with Crippen LogP contribution in [0.3, 0.4) is 0 Å². The fraction of sp³-hybridized carbons (Fsp3) is 0.136. The van der Waals surface area contributed by atoms with Crippen molar-refractivity contribution in [1.29, 1.82) is 0 Å². The van der Waals surface area contributed by atoms with Gasteiger partial charge in [0.15, 0.2) is 5.16 Å². The molecule has 0 spiro atoms. The molecule has 0 aliphatic heterocycles. The summed E-state index contributed by atoms with van der Waals surface area (Å²) >= 11 is 2.84. The molecule has 0 unspecified atom stereocenters. The Hall–Kier alpha value is -3.17. The van der Waals surface area contributed by atoms with Gasteiger partial charge in [-0.25, -0.2) is 4.39 Å². The van der Waals surface area contributed by atoms with E-state index in [1.807, 2.05) is 46.2 Å². The molecule has 5 aromatic rings. The van der Waals surface area contributed by atoms with Crippen LogP contribution >= 0.6 is 23.1 Å². The van der Waals surface area contributed by atoms with E-state index in [2.05, 4.69) is 10.2 Å². The number of methoxy groups -OCH3 is 1. The zero-order chi connectivity index (χ0) is 21.4. The predicted molar refractivity (Wildman–Crippen MR) is 121 cm³/mol. The predicted octanol–water partition coefficient (Wildman–Crippen LogP) is 4.59. The Balaban J connectivity index is 1.61. The number of benzene rings is 2. The summed E-state index contributed by atoms with van der Waals surface area (Å²) in [6.45, 7) is 0.312. The van der Waals surface area contributed by atoms with Crippen LogP contribution in [0.2, 0.25) is 0 Å². The average molecular weight is 453 g/mol. The second-order valence-electron chi connectivity index (χ2n) is 6.87. The first kappa shape index (κ1) is 19.8. The highest BCUT2D eigenvalue weighted by atomic mass is 32.2. The Morgan fingerprint density at radius 1 is 1.13 bits per heavy atom. The molecular weight excluding hydrogens is 435 g/mol. The van der Waals surface area contributed by atoms with Gasteiger partial charge >= 0.3 is 0 Å². The summed E-state index contributed by atoms with van der Waals surface area (Å²) in [7, 11) is 1.61. The van der Waals surface area contributed by atoms with Gasteiger partial charge in [-0.2, -0.15) is 0 Å². The number of nitrogens with zero attached hydrogens (tertiary/aromatic N) is 4. The normalized spacial score (nSPS) is 11.4. The van der Waals surface area contributed by atoms with Crippen LogP contribution in [0.15, 0.2) is 69.9 Å². The first-order valence-corrected chi connectivity index (χ1v) is 11.4. The van der Waals surface area contributed by atoms with Crippen LogP contribution in [-0.2, 0) is 12.3 Å². The number of ether oxygens (including phenoxy) is 1. The van der Waals surface area contributed by atoms with Crippen molar-refractivity contribution in [1.82, 2.24) is 19.2 Å². The molecule has 0 bridgehead atoms. The second kappa shape index (κ2) is 8.16. The number of hydrogen-bond donors (Lipinski definition) is 0. The lowest BCUT2D eigenvalue weighted by Gasteiger charge is -2.12.